The Morgan fingerprint density at radius 2 is 2.16 bits per heavy atom. The van der Waals surface area contributed by atoms with E-state index in [1.165, 1.54) is 24.3 Å². The molecule has 1 amide bonds. The number of hydrogen-bond acceptors (Lipinski definition) is 3. The lowest BCUT2D eigenvalue weighted by atomic mass is 10.1. The maximum atomic E-state index is 13.2. The minimum atomic E-state index is -1.10. The van der Waals surface area contributed by atoms with Crippen LogP contribution >= 0.6 is 11.6 Å². The minimum absolute atomic E-state index is 0.0518. The van der Waals surface area contributed by atoms with E-state index in [4.69, 9.17) is 16.3 Å². The average Bonchev–Trinajstić information content (AvgIpc) is 2.94. The van der Waals surface area contributed by atoms with Crippen molar-refractivity contribution in [1.29, 1.82) is 0 Å². The fourth-order valence-corrected chi connectivity index (χ4v) is 3.23. The van der Waals surface area contributed by atoms with Gasteiger partial charge in [0.15, 0.2) is 0 Å². The molecule has 0 saturated heterocycles. The second-order valence-electron chi connectivity index (χ2n) is 5.76. The van der Waals surface area contributed by atoms with Gasteiger partial charge < -0.3 is 19.7 Å². The molecular weight excluding hydrogens is 351 g/mol. The van der Waals surface area contributed by atoms with Gasteiger partial charge in [0.05, 0.1) is 30.5 Å². The lowest BCUT2D eigenvalue weighted by molar-refractivity contribution is 0.0642. The molecule has 8 heteroatoms. The van der Waals surface area contributed by atoms with E-state index in [2.05, 4.69) is 5.32 Å². The molecule has 2 heterocycles. The van der Waals surface area contributed by atoms with Crippen LogP contribution in [0.1, 0.15) is 45.1 Å². The number of rotatable bonds is 4. The van der Waals surface area contributed by atoms with Gasteiger partial charge in [-0.15, -0.1) is 0 Å². The second-order valence-corrected chi connectivity index (χ2v) is 6.17. The van der Waals surface area contributed by atoms with Crippen LogP contribution in [0.25, 0.3) is 0 Å². The Morgan fingerprint density at radius 3 is 2.84 bits per heavy atom. The molecule has 0 aliphatic carbocycles. The summed E-state index contributed by atoms with van der Waals surface area (Å²) in [6.07, 6.45) is 0. The van der Waals surface area contributed by atoms with Gasteiger partial charge in [0.25, 0.3) is 5.91 Å². The zero-order valence-corrected chi connectivity index (χ0v) is 14.1. The molecule has 1 aliphatic rings. The van der Waals surface area contributed by atoms with Crippen molar-refractivity contribution < 1.29 is 23.8 Å². The number of halogens is 2. The molecule has 1 atom stereocenters. The molecule has 1 aromatic heterocycles. The number of carbonyl (C=O) groups excluding carboxylic acids is 1. The molecule has 6 nitrogen and oxygen atoms in total. The minimum Gasteiger partial charge on any atom is -0.477 e. The third-order valence-corrected chi connectivity index (χ3v) is 4.47. The molecule has 0 spiro atoms. The number of nitrogens with zero attached hydrogens (tertiary/aromatic N) is 1. The second kappa shape index (κ2) is 6.85. The molecule has 1 aliphatic heterocycles. The quantitative estimate of drug-likeness (QED) is 0.871. The molecule has 0 radical (unpaired) electrons. The Bertz CT molecular complexity index is 849. The molecule has 25 heavy (non-hydrogen) atoms. The van der Waals surface area contributed by atoms with Crippen LogP contribution in [0.5, 0.6) is 0 Å². The number of amides is 1. The number of ether oxygens (including phenoxy) is 1. The van der Waals surface area contributed by atoms with Gasteiger partial charge in [0, 0.05) is 11.6 Å². The molecule has 2 N–H and O–H groups in total. The number of carboxylic acids is 1. The first kappa shape index (κ1) is 17.4. The lowest BCUT2D eigenvalue weighted by Gasteiger charge is -2.19. The van der Waals surface area contributed by atoms with E-state index in [1.54, 1.807) is 11.5 Å². The number of hydrogen-bond donors (Lipinski definition) is 2. The monoisotopic (exact) mass is 366 g/mol. The van der Waals surface area contributed by atoms with E-state index >= 15 is 0 Å². The summed E-state index contributed by atoms with van der Waals surface area (Å²) < 4.78 is 20.1. The van der Waals surface area contributed by atoms with Crippen LogP contribution in [0.2, 0.25) is 5.02 Å². The fraction of sp³-hybridized carbons (Fsp3) is 0.294. The Hall–Kier alpha value is -2.38. The fourth-order valence-electron chi connectivity index (χ4n) is 2.90. The summed E-state index contributed by atoms with van der Waals surface area (Å²) in [4.78, 5) is 24.0. The summed E-state index contributed by atoms with van der Waals surface area (Å²) in [5.74, 6) is -2.00. The maximum Gasteiger partial charge on any atom is 0.352 e. The largest absolute Gasteiger partial charge is 0.477 e. The van der Waals surface area contributed by atoms with Crippen molar-refractivity contribution in [1.82, 2.24) is 9.88 Å². The smallest absolute Gasteiger partial charge is 0.352 e. The van der Waals surface area contributed by atoms with Crippen molar-refractivity contribution in [2.45, 2.75) is 26.1 Å². The van der Waals surface area contributed by atoms with Gasteiger partial charge >= 0.3 is 5.97 Å². The highest BCUT2D eigenvalue weighted by atomic mass is 35.5. The lowest BCUT2D eigenvalue weighted by Crippen LogP contribution is -2.28. The predicted octanol–water partition coefficient (Wildman–Crippen LogP) is 3.00. The van der Waals surface area contributed by atoms with E-state index in [1.807, 2.05) is 0 Å². The summed E-state index contributed by atoms with van der Waals surface area (Å²) in [6.45, 7) is 2.66. The molecule has 1 unspecified atom stereocenters. The van der Waals surface area contributed by atoms with Crippen molar-refractivity contribution in [3.8, 4) is 0 Å². The van der Waals surface area contributed by atoms with Crippen LogP contribution in [0.4, 0.5) is 4.39 Å². The zero-order chi connectivity index (χ0) is 18.1. The predicted molar refractivity (Wildman–Crippen MR) is 88.3 cm³/mol. The Labute approximate surface area is 148 Å². The molecule has 3 rings (SSSR count). The first-order valence-electron chi connectivity index (χ1n) is 7.67. The van der Waals surface area contributed by atoms with Crippen molar-refractivity contribution >= 4 is 23.5 Å². The Morgan fingerprint density at radius 1 is 1.40 bits per heavy atom. The van der Waals surface area contributed by atoms with Crippen LogP contribution in [-0.4, -0.2) is 28.2 Å². The SMILES string of the molecule is CC(NC(=O)c1cc(C(=O)O)n2c1COCC2)c1ccc(F)cc1Cl. The van der Waals surface area contributed by atoms with Crippen LogP contribution in [0, 0.1) is 5.82 Å². The molecule has 132 valence electrons. The zero-order valence-electron chi connectivity index (χ0n) is 13.4. The number of nitrogens with one attached hydrogen (secondary N) is 1. The van der Waals surface area contributed by atoms with Gasteiger partial charge in [-0.25, -0.2) is 9.18 Å². The van der Waals surface area contributed by atoms with Crippen LogP contribution in [-0.2, 0) is 17.9 Å². The third-order valence-electron chi connectivity index (χ3n) is 4.15. The van der Waals surface area contributed by atoms with Crippen molar-refractivity contribution in [3.05, 3.63) is 57.6 Å². The summed E-state index contributed by atoms with van der Waals surface area (Å²) in [5, 5.41) is 12.3. The van der Waals surface area contributed by atoms with Crippen LogP contribution in [0.3, 0.4) is 0 Å². The number of aromatic nitrogens is 1. The van der Waals surface area contributed by atoms with Crippen molar-refractivity contribution in [3.63, 3.8) is 0 Å². The highest BCUT2D eigenvalue weighted by Crippen LogP contribution is 2.25. The van der Waals surface area contributed by atoms with Gasteiger partial charge in [-0.2, -0.15) is 0 Å². The molecule has 2 aromatic rings. The normalized spacial score (nSPS) is 14.7. The number of aromatic carboxylic acids is 1. The number of fused-ring (bicyclic) bond motifs is 1. The Kier molecular flexibility index (Phi) is 4.78. The van der Waals surface area contributed by atoms with Gasteiger partial charge in [0.2, 0.25) is 0 Å². The van der Waals surface area contributed by atoms with Gasteiger partial charge in [-0.05, 0) is 30.7 Å². The third kappa shape index (κ3) is 3.38. The van der Waals surface area contributed by atoms with Crippen LogP contribution in [0.15, 0.2) is 24.3 Å². The van der Waals surface area contributed by atoms with E-state index in [0.717, 1.165) is 0 Å². The van der Waals surface area contributed by atoms with Gasteiger partial charge in [-0.3, -0.25) is 4.79 Å². The average molecular weight is 367 g/mol. The number of carbonyl (C=O) groups is 2. The molecule has 1 aromatic carbocycles. The van der Waals surface area contributed by atoms with Crippen LogP contribution < -0.4 is 5.32 Å². The first-order chi connectivity index (χ1) is 11.9. The Balaban J connectivity index is 1.87. The van der Waals surface area contributed by atoms with E-state index in [0.29, 0.717) is 24.4 Å². The maximum absolute atomic E-state index is 13.2. The summed E-state index contributed by atoms with van der Waals surface area (Å²) in [5.41, 5.74) is 1.40. The standard InChI is InChI=1S/C17H16ClFN2O4/c1-9(11-3-2-10(19)6-13(11)18)20-16(22)12-7-14(17(23)24)21-4-5-25-8-15(12)21/h2-3,6-7,9H,4-5,8H2,1H3,(H,20,22)(H,23,24). The van der Waals surface area contributed by atoms with E-state index in [-0.39, 0.29) is 22.9 Å². The molecule has 0 bridgehead atoms. The highest BCUT2D eigenvalue weighted by molar-refractivity contribution is 6.31. The number of carboxylic acid groups (broad SMARTS) is 1. The summed E-state index contributed by atoms with van der Waals surface area (Å²) in [6, 6.07) is 4.81. The van der Waals surface area contributed by atoms with Crippen molar-refractivity contribution in [2.24, 2.45) is 0 Å². The summed E-state index contributed by atoms with van der Waals surface area (Å²) >= 11 is 6.02. The van der Waals surface area contributed by atoms with Gasteiger partial charge in [0.1, 0.15) is 11.5 Å². The van der Waals surface area contributed by atoms with Crippen molar-refractivity contribution in [2.75, 3.05) is 6.61 Å². The summed E-state index contributed by atoms with van der Waals surface area (Å²) in [7, 11) is 0. The molecule has 0 fully saturated rings. The highest BCUT2D eigenvalue weighted by Gasteiger charge is 2.26. The topological polar surface area (TPSA) is 80.6 Å². The van der Waals surface area contributed by atoms with E-state index < -0.39 is 23.7 Å². The van der Waals surface area contributed by atoms with E-state index in [9.17, 15) is 19.1 Å². The first-order valence-corrected chi connectivity index (χ1v) is 8.05. The number of benzene rings is 1. The molecule has 0 saturated carbocycles. The van der Waals surface area contributed by atoms with Gasteiger partial charge in [-0.1, -0.05) is 17.7 Å². The molecular formula is C17H16ClFN2O4.